The van der Waals surface area contributed by atoms with Crippen LogP contribution in [0.25, 0.3) is 0 Å². The fourth-order valence-electron chi connectivity index (χ4n) is 1.19. The Kier molecular flexibility index (Phi) is 4.22. The Hall–Kier alpha value is -0.740. The average Bonchev–Trinajstić information content (AvgIpc) is 2.18. The summed E-state index contributed by atoms with van der Waals surface area (Å²) in [6, 6.07) is 4.77. The van der Waals surface area contributed by atoms with Gasteiger partial charge in [-0.1, -0.05) is 12.1 Å². The molecule has 0 amide bonds. The Morgan fingerprint density at radius 3 is 2.86 bits per heavy atom. The molecule has 4 heteroatoms. The highest BCUT2D eigenvalue weighted by molar-refractivity contribution is 7.98. The largest absolute Gasteiger partial charge is 0.494 e. The summed E-state index contributed by atoms with van der Waals surface area (Å²) in [7, 11) is 1.41. The van der Waals surface area contributed by atoms with Crippen LogP contribution in [0.15, 0.2) is 18.2 Å². The van der Waals surface area contributed by atoms with Gasteiger partial charge in [0.15, 0.2) is 11.6 Å². The van der Waals surface area contributed by atoms with Crippen LogP contribution in [0.1, 0.15) is 11.7 Å². The molecule has 0 aliphatic rings. The van der Waals surface area contributed by atoms with Crippen LogP contribution in [0.4, 0.5) is 4.39 Å². The molecule has 0 heterocycles. The van der Waals surface area contributed by atoms with E-state index < -0.39 is 11.9 Å². The van der Waals surface area contributed by atoms with Crippen molar-refractivity contribution in [3.63, 3.8) is 0 Å². The monoisotopic (exact) mass is 216 g/mol. The number of aliphatic hydroxyl groups excluding tert-OH is 1. The Morgan fingerprint density at radius 1 is 1.57 bits per heavy atom. The van der Waals surface area contributed by atoms with Crippen molar-refractivity contribution in [2.75, 3.05) is 19.1 Å². The Labute approximate surface area is 87.1 Å². The fraction of sp³-hybridized carbons (Fsp3) is 0.400. The molecule has 1 unspecified atom stereocenters. The smallest absolute Gasteiger partial charge is 0.170 e. The van der Waals surface area contributed by atoms with E-state index in [1.54, 1.807) is 12.1 Å². The minimum absolute atomic E-state index is 0.169. The van der Waals surface area contributed by atoms with Gasteiger partial charge in [-0.3, -0.25) is 0 Å². The normalized spacial score (nSPS) is 12.6. The summed E-state index contributed by atoms with van der Waals surface area (Å²) in [5.74, 6) is 0.170. The van der Waals surface area contributed by atoms with Gasteiger partial charge >= 0.3 is 0 Å². The highest BCUT2D eigenvalue weighted by Crippen LogP contribution is 2.26. The number of benzene rings is 1. The van der Waals surface area contributed by atoms with Crippen molar-refractivity contribution in [1.29, 1.82) is 0 Å². The number of thioether (sulfide) groups is 1. The number of aliphatic hydroxyl groups is 1. The van der Waals surface area contributed by atoms with E-state index in [1.807, 2.05) is 6.26 Å². The van der Waals surface area contributed by atoms with Gasteiger partial charge in [0.05, 0.1) is 13.2 Å². The lowest BCUT2D eigenvalue weighted by molar-refractivity contribution is 0.197. The summed E-state index contributed by atoms with van der Waals surface area (Å²) < 4.78 is 18.4. The first kappa shape index (κ1) is 11.3. The Bertz CT molecular complexity index is 304. The summed E-state index contributed by atoms with van der Waals surface area (Å²) in [4.78, 5) is 0. The molecule has 0 bridgehead atoms. The van der Waals surface area contributed by atoms with E-state index in [0.29, 0.717) is 11.3 Å². The molecule has 0 aliphatic heterocycles. The summed E-state index contributed by atoms with van der Waals surface area (Å²) in [5.41, 5.74) is 0.290. The molecule has 14 heavy (non-hydrogen) atoms. The quantitative estimate of drug-likeness (QED) is 0.837. The van der Waals surface area contributed by atoms with Gasteiger partial charge in [-0.15, -0.1) is 0 Å². The van der Waals surface area contributed by atoms with E-state index in [4.69, 9.17) is 4.74 Å². The van der Waals surface area contributed by atoms with E-state index in [0.717, 1.165) is 0 Å². The lowest BCUT2D eigenvalue weighted by Gasteiger charge is -2.12. The number of rotatable bonds is 4. The summed E-state index contributed by atoms with van der Waals surface area (Å²) in [6.07, 6.45) is 1.08. The van der Waals surface area contributed by atoms with Crippen molar-refractivity contribution < 1.29 is 14.2 Å². The second-order valence-corrected chi connectivity index (χ2v) is 3.75. The maximum Gasteiger partial charge on any atom is 0.170 e. The molecule has 0 fully saturated rings. The van der Waals surface area contributed by atoms with Gasteiger partial charge in [0, 0.05) is 11.3 Å². The van der Waals surface area contributed by atoms with Crippen LogP contribution in [0, 0.1) is 5.82 Å². The van der Waals surface area contributed by atoms with E-state index in [9.17, 15) is 9.50 Å². The minimum atomic E-state index is -0.778. The van der Waals surface area contributed by atoms with Crippen LogP contribution in [-0.4, -0.2) is 24.2 Å². The molecule has 0 spiro atoms. The lowest BCUT2D eigenvalue weighted by atomic mass is 10.1. The predicted molar refractivity (Wildman–Crippen MR) is 56.3 cm³/mol. The molecular formula is C10H13FO2S. The maximum absolute atomic E-state index is 13.6. The van der Waals surface area contributed by atoms with Gasteiger partial charge < -0.3 is 9.84 Å². The van der Waals surface area contributed by atoms with Gasteiger partial charge in [0.1, 0.15) is 0 Å². The number of ether oxygens (including phenoxy) is 1. The average molecular weight is 216 g/mol. The third-order valence-corrected chi connectivity index (χ3v) is 2.55. The molecule has 1 rings (SSSR count). The molecule has 0 saturated heterocycles. The van der Waals surface area contributed by atoms with Crippen molar-refractivity contribution in [2.45, 2.75) is 6.10 Å². The zero-order valence-electron chi connectivity index (χ0n) is 8.16. The first-order valence-electron chi connectivity index (χ1n) is 4.20. The van der Waals surface area contributed by atoms with Crippen LogP contribution in [-0.2, 0) is 0 Å². The topological polar surface area (TPSA) is 29.5 Å². The zero-order chi connectivity index (χ0) is 10.6. The van der Waals surface area contributed by atoms with Gasteiger partial charge in [-0.2, -0.15) is 11.8 Å². The first-order valence-corrected chi connectivity index (χ1v) is 5.59. The molecule has 0 radical (unpaired) electrons. The Balaban J connectivity index is 2.96. The van der Waals surface area contributed by atoms with Crippen molar-refractivity contribution in [1.82, 2.24) is 0 Å². The highest BCUT2D eigenvalue weighted by atomic mass is 32.2. The van der Waals surface area contributed by atoms with Crippen molar-refractivity contribution in [2.24, 2.45) is 0 Å². The number of hydrogen-bond acceptors (Lipinski definition) is 3. The number of hydrogen-bond donors (Lipinski definition) is 1. The molecule has 1 atom stereocenters. The van der Waals surface area contributed by atoms with Gasteiger partial charge in [-0.05, 0) is 12.3 Å². The predicted octanol–water partition coefficient (Wildman–Crippen LogP) is 2.23. The molecule has 1 aromatic rings. The summed E-state index contributed by atoms with van der Waals surface area (Å²) in [6.45, 7) is 0. The lowest BCUT2D eigenvalue weighted by Crippen LogP contribution is -2.04. The maximum atomic E-state index is 13.6. The van der Waals surface area contributed by atoms with Gasteiger partial charge in [0.25, 0.3) is 0 Å². The standard InChI is InChI=1S/C10H13FO2S/c1-13-9-5-3-4-7(10(9)11)8(12)6-14-2/h3-5,8,12H,6H2,1-2H3. The van der Waals surface area contributed by atoms with E-state index in [-0.39, 0.29) is 5.75 Å². The second-order valence-electron chi connectivity index (χ2n) is 2.83. The molecule has 1 N–H and O–H groups in total. The third kappa shape index (κ3) is 2.39. The summed E-state index contributed by atoms with van der Waals surface area (Å²) in [5, 5.41) is 9.60. The minimum Gasteiger partial charge on any atom is -0.494 e. The van der Waals surface area contributed by atoms with Crippen LogP contribution in [0.2, 0.25) is 0 Å². The molecular weight excluding hydrogens is 203 g/mol. The highest BCUT2D eigenvalue weighted by Gasteiger charge is 2.15. The van der Waals surface area contributed by atoms with Crippen molar-refractivity contribution in [3.8, 4) is 5.75 Å². The molecule has 0 aliphatic carbocycles. The van der Waals surface area contributed by atoms with E-state index in [2.05, 4.69) is 0 Å². The van der Waals surface area contributed by atoms with Crippen LogP contribution in [0.5, 0.6) is 5.75 Å². The van der Waals surface area contributed by atoms with Crippen molar-refractivity contribution in [3.05, 3.63) is 29.6 Å². The van der Waals surface area contributed by atoms with E-state index >= 15 is 0 Å². The summed E-state index contributed by atoms with van der Waals surface area (Å²) >= 11 is 1.47. The molecule has 1 aromatic carbocycles. The van der Waals surface area contributed by atoms with Crippen molar-refractivity contribution >= 4 is 11.8 Å². The van der Waals surface area contributed by atoms with Gasteiger partial charge in [-0.25, -0.2) is 4.39 Å². The SMILES string of the molecule is COc1cccc(C(O)CSC)c1F. The molecule has 78 valence electrons. The van der Waals surface area contributed by atoms with Crippen LogP contribution in [0.3, 0.4) is 0 Å². The number of methoxy groups -OCH3 is 1. The zero-order valence-corrected chi connectivity index (χ0v) is 8.97. The van der Waals surface area contributed by atoms with Gasteiger partial charge in [0.2, 0.25) is 0 Å². The molecule has 2 nitrogen and oxygen atoms in total. The van der Waals surface area contributed by atoms with Crippen LogP contribution < -0.4 is 4.74 Å². The molecule has 0 aromatic heterocycles. The third-order valence-electron chi connectivity index (χ3n) is 1.90. The second kappa shape index (κ2) is 5.22. The Morgan fingerprint density at radius 2 is 2.29 bits per heavy atom. The number of halogens is 1. The van der Waals surface area contributed by atoms with E-state index in [1.165, 1.54) is 24.9 Å². The fourth-order valence-corrected chi connectivity index (χ4v) is 1.69. The first-order chi connectivity index (χ1) is 6.70. The molecule has 0 saturated carbocycles. The van der Waals surface area contributed by atoms with Crippen LogP contribution >= 0.6 is 11.8 Å².